The third-order valence-corrected chi connectivity index (χ3v) is 7.18. The predicted molar refractivity (Wildman–Crippen MR) is 133 cm³/mol. The number of benzene rings is 3. The van der Waals surface area contributed by atoms with Gasteiger partial charge in [0.15, 0.2) is 0 Å². The van der Waals surface area contributed by atoms with Gasteiger partial charge in [-0.25, -0.2) is 8.78 Å². The smallest absolute Gasteiger partial charge is 0.307 e. The van der Waals surface area contributed by atoms with E-state index in [0.717, 1.165) is 22.2 Å². The zero-order valence-electron chi connectivity index (χ0n) is 19.8. The van der Waals surface area contributed by atoms with Gasteiger partial charge >= 0.3 is 5.97 Å². The summed E-state index contributed by atoms with van der Waals surface area (Å²) in [7, 11) is 1.77. The summed E-state index contributed by atoms with van der Waals surface area (Å²) in [5, 5.41) is 10.4. The van der Waals surface area contributed by atoms with Crippen LogP contribution < -0.4 is 0 Å². The highest BCUT2D eigenvalue weighted by atomic mass is 19.1. The fourth-order valence-corrected chi connectivity index (χ4v) is 5.36. The number of carboxylic acids is 1. The number of hydrogen-bond acceptors (Lipinski definition) is 2. The van der Waals surface area contributed by atoms with Crippen molar-refractivity contribution in [2.45, 2.75) is 37.8 Å². The average Bonchev–Trinajstić information content (AvgIpc) is 3.18. The normalized spacial score (nSPS) is 15.2. The molecule has 3 aromatic carbocycles. The Hall–Kier alpha value is -4.00. The summed E-state index contributed by atoms with van der Waals surface area (Å²) >= 11 is 0. The Morgan fingerprint density at radius 2 is 1.56 bits per heavy atom. The molecule has 36 heavy (non-hydrogen) atoms. The fraction of sp³-hybridized carbons (Fsp3) is 0.241. The lowest BCUT2D eigenvalue weighted by molar-refractivity contribution is -0.136. The molecule has 7 heteroatoms. The van der Waals surface area contributed by atoms with Crippen LogP contribution in [0.5, 0.6) is 0 Å². The summed E-state index contributed by atoms with van der Waals surface area (Å²) in [4.78, 5) is 27.2. The van der Waals surface area contributed by atoms with Crippen LogP contribution in [0.15, 0.2) is 72.8 Å². The van der Waals surface area contributed by atoms with Crippen molar-refractivity contribution < 1.29 is 23.5 Å². The van der Waals surface area contributed by atoms with E-state index in [0.29, 0.717) is 30.5 Å². The van der Waals surface area contributed by atoms with Crippen molar-refractivity contribution in [3.05, 3.63) is 107 Å². The molecule has 1 amide bonds. The first-order valence-electron chi connectivity index (χ1n) is 11.9. The number of carboxylic acid groups (broad SMARTS) is 1. The summed E-state index contributed by atoms with van der Waals surface area (Å²) in [6.45, 7) is 0.539. The molecule has 4 aromatic rings. The molecule has 0 spiro atoms. The highest BCUT2D eigenvalue weighted by Gasteiger charge is 2.33. The van der Waals surface area contributed by atoms with E-state index < -0.39 is 23.5 Å². The Bertz CT molecular complexity index is 1380. The molecule has 1 aliphatic rings. The van der Waals surface area contributed by atoms with Gasteiger partial charge in [0.25, 0.3) is 0 Å². The zero-order valence-corrected chi connectivity index (χ0v) is 19.8. The molecule has 1 atom stereocenters. The van der Waals surface area contributed by atoms with Gasteiger partial charge in [0.1, 0.15) is 11.6 Å². The monoisotopic (exact) mass is 488 g/mol. The van der Waals surface area contributed by atoms with E-state index in [1.165, 1.54) is 24.3 Å². The first kappa shape index (κ1) is 23.7. The largest absolute Gasteiger partial charge is 0.481 e. The predicted octanol–water partition coefficient (Wildman–Crippen LogP) is 5.15. The molecule has 0 unspecified atom stereocenters. The standard InChI is InChI=1S/C29H26F2N2O3/c1-32(29(36)28(18-6-10-20(30)11-7-18)19-8-12-21(31)13-9-19)22-14-15-26-24(16-27(34)35)23-4-2-3-5-25(23)33(26)17-22/h2-13,22,28H,14-17H2,1H3,(H,34,35)/t22-/m1/s1. The van der Waals surface area contributed by atoms with Crippen LogP contribution in [-0.2, 0) is 29.0 Å². The Morgan fingerprint density at radius 3 is 2.14 bits per heavy atom. The number of amides is 1. The third-order valence-electron chi connectivity index (χ3n) is 7.18. The zero-order chi connectivity index (χ0) is 25.4. The Labute approximate surface area is 207 Å². The number of aromatic nitrogens is 1. The highest BCUT2D eigenvalue weighted by Crippen LogP contribution is 2.34. The molecule has 184 valence electrons. The molecule has 2 heterocycles. The molecule has 1 N–H and O–H groups in total. The average molecular weight is 489 g/mol. The number of fused-ring (bicyclic) bond motifs is 3. The van der Waals surface area contributed by atoms with Crippen LogP contribution >= 0.6 is 0 Å². The first-order chi connectivity index (χ1) is 17.3. The molecule has 1 aromatic heterocycles. The number of para-hydroxylation sites is 1. The molecule has 0 saturated heterocycles. The molecule has 0 fully saturated rings. The summed E-state index contributed by atoms with van der Waals surface area (Å²) in [5.41, 5.74) is 4.06. The maximum atomic E-state index is 13.9. The third kappa shape index (κ3) is 4.37. The minimum absolute atomic E-state index is 0.0422. The van der Waals surface area contributed by atoms with Crippen molar-refractivity contribution in [3.63, 3.8) is 0 Å². The second kappa shape index (κ2) is 9.57. The molecule has 1 aliphatic heterocycles. The van der Waals surface area contributed by atoms with Gasteiger partial charge in [-0.3, -0.25) is 9.59 Å². The summed E-state index contributed by atoms with van der Waals surface area (Å²) in [6, 6.07) is 19.3. The topological polar surface area (TPSA) is 62.5 Å². The molecular formula is C29H26F2N2O3. The van der Waals surface area contributed by atoms with Crippen LogP contribution in [0.3, 0.4) is 0 Å². The Kier molecular flexibility index (Phi) is 6.31. The summed E-state index contributed by atoms with van der Waals surface area (Å²) < 4.78 is 29.4. The second-order valence-electron chi connectivity index (χ2n) is 9.30. The molecule has 0 radical (unpaired) electrons. The van der Waals surface area contributed by atoms with Crippen molar-refractivity contribution in [2.75, 3.05) is 7.05 Å². The summed E-state index contributed by atoms with van der Waals surface area (Å²) in [6.07, 6.45) is 1.29. The number of carbonyl (C=O) groups excluding carboxylic acids is 1. The van der Waals surface area contributed by atoms with E-state index in [1.807, 2.05) is 24.3 Å². The quantitative estimate of drug-likeness (QED) is 0.408. The van der Waals surface area contributed by atoms with Crippen molar-refractivity contribution in [2.24, 2.45) is 0 Å². The van der Waals surface area contributed by atoms with Gasteiger partial charge in [0.05, 0.1) is 12.3 Å². The molecule has 0 aliphatic carbocycles. The fourth-order valence-electron chi connectivity index (χ4n) is 5.36. The number of likely N-dealkylation sites (N-methyl/N-ethyl adjacent to an activating group) is 1. The van der Waals surface area contributed by atoms with E-state index in [9.17, 15) is 23.5 Å². The number of halogens is 2. The van der Waals surface area contributed by atoms with Crippen molar-refractivity contribution in [1.82, 2.24) is 9.47 Å². The highest BCUT2D eigenvalue weighted by molar-refractivity contribution is 5.90. The van der Waals surface area contributed by atoms with Gasteiger partial charge in [-0.1, -0.05) is 42.5 Å². The first-order valence-corrected chi connectivity index (χ1v) is 11.9. The number of carbonyl (C=O) groups is 2. The lowest BCUT2D eigenvalue weighted by Gasteiger charge is -2.35. The second-order valence-corrected chi connectivity index (χ2v) is 9.30. The van der Waals surface area contributed by atoms with E-state index in [4.69, 9.17) is 0 Å². The van der Waals surface area contributed by atoms with Gasteiger partial charge < -0.3 is 14.6 Å². The van der Waals surface area contributed by atoms with Crippen LogP contribution in [-0.4, -0.2) is 39.5 Å². The molecule has 0 saturated carbocycles. The Morgan fingerprint density at radius 1 is 0.972 bits per heavy atom. The maximum absolute atomic E-state index is 13.9. The minimum atomic E-state index is -0.870. The van der Waals surface area contributed by atoms with E-state index in [2.05, 4.69) is 4.57 Å². The van der Waals surface area contributed by atoms with Crippen molar-refractivity contribution in [3.8, 4) is 0 Å². The van der Waals surface area contributed by atoms with E-state index in [-0.39, 0.29) is 18.4 Å². The van der Waals surface area contributed by atoms with E-state index >= 15 is 0 Å². The number of aliphatic carboxylic acids is 1. The van der Waals surface area contributed by atoms with Crippen molar-refractivity contribution in [1.29, 1.82) is 0 Å². The molecule has 5 nitrogen and oxygen atoms in total. The van der Waals surface area contributed by atoms with Gasteiger partial charge in [-0.15, -0.1) is 0 Å². The lowest BCUT2D eigenvalue weighted by Crippen LogP contribution is -2.44. The number of hydrogen-bond donors (Lipinski definition) is 1. The van der Waals surface area contributed by atoms with Crippen molar-refractivity contribution >= 4 is 22.8 Å². The van der Waals surface area contributed by atoms with Gasteiger partial charge in [0, 0.05) is 36.2 Å². The van der Waals surface area contributed by atoms with Crippen LogP contribution in [0, 0.1) is 11.6 Å². The Balaban J connectivity index is 1.48. The lowest BCUT2D eigenvalue weighted by atomic mass is 9.89. The minimum Gasteiger partial charge on any atom is -0.481 e. The molecule has 0 bridgehead atoms. The summed E-state index contributed by atoms with van der Waals surface area (Å²) in [5.74, 6) is -2.53. The number of rotatable bonds is 6. The van der Waals surface area contributed by atoms with Gasteiger partial charge in [0.2, 0.25) is 5.91 Å². The molecular weight excluding hydrogens is 462 g/mol. The van der Waals surface area contributed by atoms with Crippen LogP contribution in [0.1, 0.15) is 34.7 Å². The van der Waals surface area contributed by atoms with Crippen LogP contribution in [0.25, 0.3) is 10.9 Å². The molecule has 5 rings (SSSR count). The van der Waals surface area contributed by atoms with Gasteiger partial charge in [-0.2, -0.15) is 0 Å². The van der Waals surface area contributed by atoms with Crippen LogP contribution in [0.2, 0.25) is 0 Å². The van der Waals surface area contributed by atoms with E-state index in [1.54, 1.807) is 36.2 Å². The van der Waals surface area contributed by atoms with Gasteiger partial charge in [-0.05, 0) is 59.9 Å². The number of nitrogens with zero attached hydrogens (tertiary/aromatic N) is 2. The SMILES string of the molecule is CN(C(=O)C(c1ccc(F)cc1)c1ccc(F)cc1)[C@@H]1CCc2c(CC(=O)O)c3ccccc3n2C1. The maximum Gasteiger partial charge on any atom is 0.307 e. The van der Waals surface area contributed by atoms with Crippen LogP contribution in [0.4, 0.5) is 8.78 Å².